The van der Waals surface area contributed by atoms with Gasteiger partial charge in [0.15, 0.2) is 4.04 Å². The van der Waals surface area contributed by atoms with Gasteiger partial charge in [-0.1, -0.05) is 11.6 Å². The third-order valence-corrected chi connectivity index (χ3v) is 4.86. The maximum Gasteiger partial charge on any atom is 0.154 e. The fourth-order valence-corrected chi connectivity index (χ4v) is 3.56. The van der Waals surface area contributed by atoms with Crippen molar-refractivity contribution >= 4 is 34.2 Å². The van der Waals surface area contributed by atoms with Crippen LogP contribution in [-0.4, -0.2) is 19.8 Å². The van der Waals surface area contributed by atoms with Gasteiger partial charge in [0.1, 0.15) is 0 Å². The molecule has 0 spiro atoms. The van der Waals surface area contributed by atoms with E-state index < -0.39 is 10.8 Å². The van der Waals surface area contributed by atoms with Crippen molar-refractivity contribution in [3.05, 3.63) is 0 Å². The second-order valence-corrected chi connectivity index (χ2v) is 5.69. The normalized spacial score (nSPS) is 39.6. The van der Waals surface area contributed by atoms with E-state index >= 15 is 0 Å². The lowest BCUT2D eigenvalue weighted by Gasteiger charge is -2.13. The van der Waals surface area contributed by atoms with Crippen LogP contribution < -0.4 is 0 Å². The zero-order chi connectivity index (χ0) is 5.98. The Morgan fingerprint density at radius 3 is 2.88 bits per heavy atom. The molecule has 0 aromatic rings. The molecule has 0 aromatic heterocycles. The monoisotopic (exact) mass is 170 g/mol. The molecule has 1 rings (SSSR count). The Morgan fingerprint density at radius 1 is 1.75 bits per heavy atom. The van der Waals surface area contributed by atoms with E-state index in [1.807, 2.05) is 0 Å². The fraction of sp³-hybridized carbons (Fsp3) is 1.00. The summed E-state index contributed by atoms with van der Waals surface area (Å²) in [7, 11) is -0.757. The standard InChI is InChI=1S/C4H7ClOS2/c5-4-7-2-1-3-8(4)6/h4H,1-3H2. The van der Waals surface area contributed by atoms with Crippen LogP contribution in [0.2, 0.25) is 0 Å². The van der Waals surface area contributed by atoms with Gasteiger partial charge >= 0.3 is 0 Å². The first-order valence-electron chi connectivity index (χ1n) is 2.43. The second-order valence-electron chi connectivity index (χ2n) is 1.58. The Balaban J connectivity index is 2.39. The summed E-state index contributed by atoms with van der Waals surface area (Å²) in [6.45, 7) is 0. The van der Waals surface area contributed by atoms with Crippen LogP contribution in [0.5, 0.6) is 0 Å². The molecule has 0 N–H and O–H groups in total. The Bertz CT molecular complexity index is 106. The quantitative estimate of drug-likeness (QED) is 0.512. The van der Waals surface area contributed by atoms with Crippen LogP contribution in [0.1, 0.15) is 6.42 Å². The van der Waals surface area contributed by atoms with Crippen LogP contribution in [0, 0.1) is 0 Å². The van der Waals surface area contributed by atoms with Crippen LogP contribution in [0.3, 0.4) is 0 Å². The average Bonchev–Trinajstić information content (AvgIpc) is 1.77. The van der Waals surface area contributed by atoms with Gasteiger partial charge in [0, 0.05) is 16.6 Å². The molecule has 1 aliphatic heterocycles. The highest BCUT2D eigenvalue weighted by Gasteiger charge is 2.17. The van der Waals surface area contributed by atoms with Gasteiger partial charge in [0.05, 0.1) is 0 Å². The summed E-state index contributed by atoms with van der Waals surface area (Å²) in [6, 6.07) is 0. The molecule has 1 saturated heterocycles. The summed E-state index contributed by atoms with van der Waals surface area (Å²) in [5.41, 5.74) is 0. The van der Waals surface area contributed by atoms with Crippen LogP contribution >= 0.6 is 23.4 Å². The average molecular weight is 171 g/mol. The fourth-order valence-electron chi connectivity index (χ4n) is 0.546. The van der Waals surface area contributed by atoms with Crippen molar-refractivity contribution in [1.29, 1.82) is 0 Å². The van der Waals surface area contributed by atoms with Crippen LogP contribution in [-0.2, 0) is 10.8 Å². The molecule has 48 valence electrons. The molecule has 0 amide bonds. The lowest BCUT2D eigenvalue weighted by atomic mass is 10.6. The molecule has 2 atom stereocenters. The first-order valence-corrected chi connectivity index (χ1v) is 5.30. The number of hydrogen-bond acceptors (Lipinski definition) is 2. The number of hydrogen-bond donors (Lipinski definition) is 0. The number of rotatable bonds is 0. The number of alkyl halides is 1. The zero-order valence-electron chi connectivity index (χ0n) is 4.30. The topological polar surface area (TPSA) is 17.1 Å². The molecule has 0 saturated carbocycles. The van der Waals surface area contributed by atoms with Crippen molar-refractivity contribution in [2.75, 3.05) is 11.5 Å². The summed E-state index contributed by atoms with van der Waals surface area (Å²) < 4.78 is 10.6. The maximum absolute atomic E-state index is 10.8. The first-order chi connectivity index (χ1) is 3.80. The Kier molecular flexibility index (Phi) is 2.66. The van der Waals surface area contributed by atoms with E-state index in [4.69, 9.17) is 11.6 Å². The molecule has 0 aliphatic carbocycles. The predicted octanol–water partition coefficient (Wildman–Crippen LogP) is 1.39. The van der Waals surface area contributed by atoms with Gasteiger partial charge in [0.25, 0.3) is 0 Å². The first kappa shape index (κ1) is 6.90. The van der Waals surface area contributed by atoms with Crippen molar-refractivity contribution in [1.82, 2.24) is 0 Å². The van der Waals surface area contributed by atoms with Crippen LogP contribution in [0.15, 0.2) is 0 Å². The van der Waals surface area contributed by atoms with Gasteiger partial charge in [-0.15, -0.1) is 11.8 Å². The largest absolute Gasteiger partial charge is 0.257 e. The zero-order valence-corrected chi connectivity index (χ0v) is 6.69. The highest BCUT2D eigenvalue weighted by Crippen LogP contribution is 2.24. The smallest absolute Gasteiger partial charge is 0.154 e. The third-order valence-electron chi connectivity index (χ3n) is 0.945. The van der Waals surface area contributed by atoms with Crippen LogP contribution in [0.25, 0.3) is 0 Å². The summed E-state index contributed by atoms with van der Waals surface area (Å²) in [5, 5.41) is 0. The molecular formula is C4H7ClOS2. The van der Waals surface area contributed by atoms with E-state index in [0.29, 0.717) is 0 Å². The Morgan fingerprint density at radius 2 is 2.50 bits per heavy atom. The van der Waals surface area contributed by atoms with E-state index in [1.54, 1.807) is 11.8 Å². The Labute approximate surface area is 60.6 Å². The summed E-state index contributed by atoms with van der Waals surface area (Å²) in [4.78, 5) is 0. The van der Waals surface area contributed by atoms with Crippen molar-refractivity contribution in [3.8, 4) is 0 Å². The molecule has 0 bridgehead atoms. The van der Waals surface area contributed by atoms with E-state index in [9.17, 15) is 4.21 Å². The molecule has 1 heterocycles. The molecule has 0 radical (unpaired) electrons. The number of halogens is 1. The van der Waals surface area contributed by atoms with Gasteiger partial charge in [-0.2, -0.15) is 0 Å². The van der Waals surface area contributed by atoms with Crippen molar-refractivity contribution in [2.45, 2.75) is 10.5 Å². The summed E-state index contributed by atoms with van der Waals surface area (Å²) >= 11 is 7.22. The van der Waals surface area contributed by atoms with E-state index in [0.717, 1.165) is 17.9 Å². The Hall–Kier alpha value is 0.790. The minimum atomic E-state index is -0.757. The lowest BCUT2D eigenvalue weighted by molar-refractivity contribution is 0.683. The SMILES string of the molecule is O=S1CCCSC1Cl. The molecule has 1 nitrogen and oxygen atoms in total. The van der Waals surface area contributed by atoms with E-state index in [-0.39, 0.29) is 4.04 Å². The highest BCUT2D eigenvalue weighted by molar-refractivity contribution is 8.13. The highest BCUT2D eigenvalue weighted by atomic mass is 35.5. The predicted molar refractivity (Wildman–Crippen MR) is 39.7 cm³/mol. The molecule has 1 aliphatic rings. The minimum absolute atomic E-state index is 0.135. The molecule has 8 heavy (non-hydrogen) atoms. The van der Waals surface area contributed by atoms with Crippen molar-refractivity contribution in [3.63, 3.8) is 0 Å². The summed E-state index contributed by atoms with van der Waals surface area (Å²) in [6.07, 6.45) is 1.06. The van der Waals surface area contributed by atoms with Crippen molar-refractivity contribution < 1.29 is 4.21 Å². The van der Waals surface area contributed by atoms with Crippen LogP contribution in [0.4, 0.5) is 0 Å². The lowest BCUT2D eigenvalue weighted by Crippen LogP contribution is -2.14. The second kappa shape index (κ2) is 3.08. The van der Waals surface area contributed by atoms with Gasteiger partial charge in [-0.05, 0) is 12.2 Å². The summed E-state index contributed by atoms with van der Waals surface area (Å²) in [5.74, 6) is 1.86. The van der Waals surface area contributed by atoms with Gasteiger partial charge in [-0.25, -0.2) is 0 Å². The molecule has 0 aromatic carbocycles. The van der Waals surface area contributed by atoms with E-state index in [1.165, 1.54) is 0 Å². The molecule has 1 fully saturated rings. The van der Waals surface area contributed by atoms with Gasteiger partial charge in [0.2, 0.25) is 0 Å². The number of thioether (sulfide) groups is 1. The van der Waals surface area contributed by atoms with E-state index in [2.05, 4.69) is 0 Å². The van der Waals surface area contributed by atoms with Crippen molar-refractivity contribution in [2.24, 2.45) is 0 Å². The molecule has 4 heteroatoms. The van der Waals surface area contributed by atoms with Gasteiger partial charge in [-0.3, -0.25) is 4.21 Å². The van der Waals surface area contributed by atoms with Gasteiger partial charge < -0.3 is 0 Å². The molecule has 2 unspecified atom stereocenters. The third kappa shape index (κ3) is 1.64. The maximum atomic E-state index is 10.8. The molecular weight excluding hydrogens is 164 g/mol. The minimum Gasteiger partial charge on any atom is -0.257 e.